The lowest BCUT2D eigenvalue weighted by Gasteiger charge is -2.37. The van der Waals surface area contributed by atoms with E-state index in [1.807, 2.05) is 0 Å². The van der Waals surface area contributed by atoms with Crippen molar-refractivity contribution in [2.75, 3.05) is 38.7 Å². The first-order valence-corrected chi connectivity index (χ1v) is 7.54. The standard InChI is InChI=1S/C15H22N4O4/c1-23-11-15(6-8-16-9-7-15)10-17-14(20)18-12-2-4-13(5-3-12)19(21)22/h2-5,16H,6-11H2,1H3,(H2,17,18,20). The predicted octanol–water partition coefficient (Wildman–Crippen LogP) is 1.73. The van der Waals surface area contributed by atoms with Crippen LogP contribution in [0.4, 0.5) is 16.2 Å². The Kier molecular flexibility index (Phi) is 5.89. The van der Waals surface area contributed by atoms with Crippen LogP contribution in [0, 0.1) is 15.5 Å². The van der Waals surface area contributed by atoms with Crippen molar-refractivity contribution in [3.05, 3.63) is 34.4 Å². The number of urea groups is 1. The molecule has 8 nitrogen and oxygen atoms in total. The van der Waals surface area contributed by atoms with E-state index in [9.17, 15) is 14.9 Å². The number of carbonyl (C=O) groups is 1. The van der Waals surface area contributed by atoms with Crippen LogP contribution in [0.25, 0.3) is 0 Å². The molecule has 0 bridgehead atoms. The highest BCUT2D eigenvalue weighted by molar-refractivity contribution is 5.89. The molecule has 0 spiro atoms. The van der Waals surface area contributed by atoms with Gasteiger partial charge in [-0.25, -0.2) is 4.79 Å². The van der Waals surface area contributed by atoms with Gasteiger partial charge in [-0.15, -0.1) is 0 Å². The number of rotatable bonds is 6. The summed E-state index contributed by atoms with van der Waals surface area (Å²) < 4.78 is 5.31. The van der Waals surface area contributed by atoms with Gasteiger partial charge in [-0.05, 0) is 38.1 Å². The summed E-state index contributed by atoms with van der Waals surface area (Å²) in [6.07, 6.45) is 1.89. The zero-order chi connectivity index (χ0) is 16.7. The number of non-ortho nitro benzene ring substituents is 1. The molecule has 3 N–H and O–H groups in total. The molecule has 126 valence electrons. The van der Waals surface area contributed by atoms with Crippen LogP contribution in [0.3, 0.4) is 0 Å². The van der Waals surface area contributed by atoms with Crippen molar-refractivity contribution in [3.8, 4) is 0 Å². The number of methoxy groups -OCH3 is 1. The minimum absolute atomic E-state index is 0.00953. The number of nitro groups is 1. The minimum atomic E-state index is -0.477. The average molecular weight is 322 g/mol. The average Bonchev–Trinajstić information content (AvgIpc) is 2.55. The highest BCUT2D eigenvalue weighted by Crippen LogP contribution is 2.28. The summed E-state index contributed by atoms with van der Waals surface area (Å²) in [5.41, 5.74) is 0.455. The van der Waals surface area contributed by atoms with Crippen LogP contribution in [0.15, 0.2) is 24.3 Å². The quantitative estimate of drug-likeness (QED) is 0.546. The number of piperidine rings is 1. The summed E-state index contributed by atoms with van der Waals surface area (Å²) in [5, 5.41) is 19.4. The lowest BCUT2D eigenvalue weighted by Crippen LogP contribution is -2.47. The highest BCUT2D eigenvalue weighted by atomic mass is 16.6. The van der Waals surface area contributed by atoms with E-state index >= 15 is 0 Å². The van der Waals surface area contributed by atoms with Gasteiger partial charge in [-0.1, -0.05) is 0 Å². The predicted molar refractivity (Wildman–Crippen MR) is 86.5 cm³/mol. The van der Waals surface area contributed by atoms with Crippen molar-refractivity contribution in [3.63, 3.8) is 0 Å². The molecule has 1 saturated heterocycles. The first-order valence-electron chi connectivity index (χ1n) is 7.54. The third kappa shape index (κ3) is 4.90. The van der Waals surface area contributed by atoms with Gasteiger partial charge in [0.15, 0.2) is 0 Å². The number of nitro benzene ring substituents is 1. The summed E-state index contributed by atoms with van der Waals surface area (Å²) in [4.78, 5) is 22.1. The number of amides is 2. The first kappa shape index (κ1) is 17.2. The van der Waals surface area contributed by atoms with Crippen LogP contribution in [-0.2, 0) is 4.74 Å². The molecule has 0 atom stereocenters. The van der Waals surface area contributed by atoms with Gasteiger partial charge in [0, 0.05) is 36.9 Å². The fourth-order valence-corrected chi connectivity index (χ4v) is 2.74. The number of nitrogens with zero attached hydrogens (tertiary/aromatic N) is 1. The van der Waals surface area contributed by atoms with Gasteiger partial charge < -0.3 is 20.7 Å². The third-order valence-corrected chi connectivity index (χ3v) is 4.07. The van der Waals surface area contributed by atoms with Crippen LogP contribution < -0.4 is 16.0 Å². The molecule has 23 heavy (non-hydrogen) atoms. The van der Waals surface area contributed by atoms with Crippen molar-refractivity contribution in [2.45, 2.75) is 12.8 Å². The second-order valence-corrected chi connectivity index (χ2v) is 5.79. The minimum Gasteiger partial charge on any atom is -0.384 e. The van der Waals surface area contributed by atoms with E-state index in [2.05, 4.69) is 16.0 Å². The van der Waals surface area contributed by atoms with E-state index in [1.165, 1.54) is 24.3 Å². The molecule has 1 aliphatic rings. The second kappa shape index (κ2) is 7.89. The molecular weight excluding hydrogens is 300 g/mol. The Labute approximate surface area is 134 Å². The largest absolute Gasteiger partial charge is 0.384 e. The number of anilines is 1. The fraction of sp³-hybridized carbons (Fsp3) is 0.533. The van der Waals surface area contributed by atoms with Crippen LogP contribution in [-0.4, -0.2) is 44.3 Å². The van der Waals surface area contributed by atoms with Crippen molar-refractivity contribution in [1.82, 2.24) is 10.6 Å². The van der Waals surface area contributed by atoms with Crippen LogP contribution >= 0.6 is 0 Å². The number of benzene rings is 1. The van der Waals surface area contributed by atoms with E-state index in [1.54, 1.807) is 7.11 Å². The van der Waals surface area contributed by atoms with Gasteiger partial charge in [0.25, 0.3) is 5.69 Å². The topological polar surface area (TPSA) is 106 Å². The normalized spacial score (nSPS) is 16.6. The molecule has 1 aliphatic heterocycles. The monoisotopic (exact) mass is 322 g/mol. The molecule has 1 aromatic carbocycles. The Hall–Kier alpha value is -2.19. The number of carbonyl (C=O) groups excluding carboxylic acids is 1. The second-order valence-electron chi connectivity index (χ2n) is 5.79. The van der Waals surface area contributed by atoms with Gasteiger partial charge in [0.05, 0.1) is 11.5 Å². The Morgan fingerprint density at radius 1 is 1.35 bits per heavy atom. The first-order chi connectivity index (χ1) is 11.0. The van der Waals surface area contributed by atoms with Gasteiger partial charge >= 0.3 is 6.03 Å². The molecular formula is C15H22N4O4. The zero-order valence-corrected chi connectivity index (χ0v) is 13.1. The number of hydrogen-bond donors (Lipinski definition) is 3. The molecule has 0 saturated carbocycles. The summed E-state index contributed by atoms with van der Waals surface area (Å²) in [5.74, 6) is 0. The Bertz CT molecular complexity index is 535. The van der Waals surface area contributed by atoms with E-state index in [-0.39, 0.29) is 17.1 Å². The number of nitrogens with one attached hydrogen (secondary N) is 3. The lowest BCUT2D eigenvalue weighted by atomic mass is 9.79. The third-order valence-electron chi connectivity index (χ3n) is 4.07. The van der Waals surface area contributed by atoms with Crippen molar-refractivity contribution < 1.29 is 14.5 Å². The van der Waals surface area contributed by atoms with Gasteiger partial charge in [-0.2, -0.15) is 0 Å². The van der Waals surface area contributed by atoms with E-state index in [0.717, 1.165) is 25.9 Å². The molecule has 1 fully saturated rings. The number of hydrogen-bond acceptors (Lipinski definition) is 5. The Morgan fingerprint density at radius 3 is 2.57 bits per heavy atom. The van der Waals surface area contributed by atoms with Crippen molar-refractivity contribution >= 4 is 17.4 Å². The Balaban J connectivity index is 1.87. The van der Waals surface area contributed by atoms with E-state index < -0.39 is 4.92 Å². The Morgan fingerprint density at radius 2 is 2.00 bits per heavy atom. The van der Waals surface area contributed by atoms with Gasteiger partial charge in [0.2, 0.25) is 0 Å². The molecule has 1 aromatic rings. The summed E-state index contributed by atoms with van der Waals surface area (Å²) >= 11 is 0. The van der Waals surface area contributed by atoms with Crippen molar-refractivity contribution in [2.24, 2.45) is 5.41 Å². The van der Waals surface area contributed by atoms with Gasteiger partial charge in [0.1, 0.15) is 0 Å². The molecule has 0 radical (unpaired) electrons. The highest BCUT2D eigenvalue weighted by Gasteiger charge is 2.32. The molecule has 2 rings (SSSR count). The maximum atomic E-state index is 12.0. The summed E-state index contributed by atoms with van der Waals surface area (Å²) in [7, 11) is 1.67. The molecule has 0 aliphatic carbocycles. The van der Waals surface area contributed by atoms with Crippen LogP contribution in [0.1, 0.15) is 12.8 Å². The zero-order valence-electron chi connectivity index (χ0n) is 13.1. The van der Waals surface area contributed by atoms with Crippen molar-refractivity contribution in [1.29, 1.82) is 0 Å². The molecule has 1 heterocycles. The summed E-state index contributed by atoms with van der Waals surface area (Å²) in [6.45, 7) is 2.96. The van der Waals surface area contributed by atoms with Crippen LogP contribution in [0.2, 0.25) is 0 Å². The maximum absolute atomic E-state index is 12.0. The molecule has 2 amide bonds. The van der Waals surface area contributed by atoms with Crippen LogP contribution in [0.5, 0.6) is 0 Å². The van der Waals surface area contributed by atoms with E-state index in [4.69, 9.17) is 4.74 Å². The SMILES string of the molecule is COCC1(CNC(=O)Nc2ccc([N+](=O)[O-])cc2)CCNCC1. The molecule has 0 unspecified atom stereocenters. The lowest BCUT2D eigenvalue weighted by molar-refractivity contribution is -0.384. The fourth-order valence-electron chi connectivity index (χ4n) is 2.74. The number of ether oxygens (including phenoxy) is 1. The maximum Gasteiger partial charge on any atom is 0.319 e. The molecule has 8 heteroatoms. The van der Waals surface area contributed by atoms with E-state index in [0.29, 0.717) is 18.8 Å². The summed E-state index contributed by atoms with van der Waals surface area (Å²) in [6, 6.07) is 5.40. The molecule has 0 aromatic heterocycles. The smallest absolute Gasteiger partial charge is 0.319 e. The van der Waals surface area contributed by atoms with Gasteiger partial charge in [-0.3, -0.25) is 10.1 Å².